The van der Waals surface area contributed by atoms with Crippen molar-refractivity contribution in [3.05, 3.63) is 35.4 Å². The number of hydrogen-bond donors (Lipinski definition) is 1. The van der Waals surface area contributed by atoms with Gasteiger partial charge in [0.15, 0.2) is 11.6 Å². The molecule has 1 aromatic carbocycles. The lowest BCUT2D eigenvalue weighted by atomic mass is 9.75. The van der Waals surface area contributed by atoms with Crippen molar-refractivity contribution in [3.63, 3.8) is 0 Å². The van der Waals surface area contributed by atoms with Crippen LogP contribution in [0.5, 0.6) is 0 Å². The van der Waals surface area contributed by atoms with Gasteiger partial charge in [-0.2, -0.15) is 0 Å². The summed E-state index contributed by atoms with van der Waals surface area (Å²) >= 11 is 0. The van der Waals surface area contributed by atoms with Crippen molar-refractivity contribution in [1.29, 1.82) is 0 Å². The largest absolute Gasteiger partial charge is 0.378 e. The second-order valence-electron chi connectivity index (χ2n) is 7.15. The molecule has 0 radical (unpaired) electrons. The zero-order valence-corrected chi connectivity index (χ0v) is 13.3. The van der Waals surface area contributed by atoms with E-state index in [0.29, 0.717) is 6.42 Å². The summed E-state index contributed by atoms with van der Waals surface area (Å²) in [5.74, 6) is -1.57. The Morgan fingerprint density at radius 3 is 2.52 bits per heavy atom. The zero-order valence-electron chi connectivity index (χ0n) is 13.3. The number of halogens is 2. The Hall–Kier alpha value is -1.00. The average Bonchev–Trinajstić information content (AvgIpc) is 2.73. The van der Waals surface area contributed by atoms with Gasteiger partial charge in [0.2, 0.25) is 0 Å². The van der Waals surface area contributed by atoms with Crippen LogP contribution < -0.4 is 5.32 Å². The molecule has 0 aromatic heterocycles. The number of rotatable bonds is 4. The highest BCUT2D eigenvalue weighted by Gasteiger charge is 2.42. The lowest BCUT2D eigenvalue weighted by molar-refractivity contribution is 0.0597. The van der Waals surface area contributed by atoms with E-state index in [9.17, 15) is 8.78 Å². The molecule has 4 heteroatoms. The predicted molar refractivity (Wildman–Crippen MR) is 80.3 cm³/mol. The van der Waals surface area contributed by atoms with Crippen LogP contribution in [0.15, 0.2) is 18.2 Å². The zero-order chi connectivity index (χ0) is 15.7. The molecule has 118 valence electrons. The van der Waals surface area contributed by atoms with Gasteiger partial charge in [-0.25, -0.2) is 8.78 Å². The summed E-state index contributed by atoms with van der Waals surface area (Å²) in [6, 6.07) is 4.18. The average molecular weight is 297 g/mol. The van der Waals surface area contributed by atoms with Crippen molar-refractivity contribution in [2.24, 2.45) is 5.41 Å². The summed E-state index contributed by atoms with van der Waals surface area (Å²) in [7, 11) is 0. The minimum Gasteiger partial charge on any atom is -0.378 e. The highest BCUT2D eigenvalue weighted by molar-refractivity contribution is 5.20. The van der Waals surface area contributed by atoms with Crippen LogP contribution in [0.25, 0.3) is 0 Å². The third-order valence-electron chi connectivity index (χ3n) is 4.34. The maximum atomic E-state index is 13.4. The van der Waals surface area contributed by atoms with Crippen molar-refractivity contribution in [1.82, 2.24) is 5.32 Å². The molecule has 0 saturated carbocycles. The fraction of sp³-hybridized carbons (Fsp3) is 0.647. The molecule has 0 amide bonds. The first-order chi connectivity index (χ1) is 9.72. The first-order valence-electron chi connectivity index (χ1n) is 7.52. The molecule has 0 bridgehead atoms. The molecule has 1 N–H and O–H groups in total. The molecule has 1 aliphatic rings. The van der Waals surface area contributed by atoms with E-state index in [1.165, 1.54) is 12.1 Å². The molecule has 2 unspecified atom stereocenters. The maximum Gasteiger partial charge on any atom is 0.159 e. The molecule has 1 saturated heterocycles. The molecule has 2 nitrogen and oxygen atoms in total. The Balaban J connectivity index is 2.18. The van der Waals surface area contributed by atoms with Crippen molar-refractivity contribution < 1.29 is 13.5 Å². The van der Waals surface area contributed by atoms with E-state index >= 15 is 0 Å². The summed E-state index contributed by atoms with van der Waals surface area (Å²) in [6.45, 7) is 9.96. The lowest BCUT2D eigenvalue weighted by Crippen LogP contribution is -2.47. The quantitative estimate of drug-likeness (QED) is 0.915. The van der Waals surface area contributed by atoms with Crippen LogP contribution in [0.4, 0.5) is 8.78 Å². The van der Waals surface area contributed by atoms with E-state index < -0.39 is 11.6 Å². The molecule has 1 aliphatic heterocycles. The topological polar surface area (TPSA) is 21.3 Å². The van der Waals surface area contributed by atoms with E-state index in [1.807, 2.05) is 0 Å². The van der Waals surface area contributed by atoms with Crippen LogP contribution in [0.3, 0.4) is 0 Å². The van der Waals surface area contributed by atoms with Gasteiger partial charge in [0, 0.05) is 24.1 Å². The maximum absolute atomic E-state index is 13.4. The molecule has 2 rings (SSSR count). The third kappa shape index (κ3) is 4.01. The van der Waals surface area contributed by atoms with Gasteiger partial charge in [-0.1, -0.05) is 6.07 Å². The van der Waals surface area contributed by atoms with Gasteiger partial charge in [-0.15, -0.1) is 0 Å². The molecule has 21 heavy (non-hydrogen) atoms. The normalized spacial score (nSPS) is 26.3. The minimum atomic E-state index is -0.795. The monoisotopic (exact) mass is 297 g/mol. The second-order valence-corrected chi connectivity index (χ2v) is 7.15. The summed E-state index contributed by atoms with van der Waals surface area (Å²) in [4.78, 5) is 0. The van der Waals surface area contributed by atoms with Crippen LogP contribution in [0.2, 0.25) is 0 Å². The fourth-order valence-corrected chi connectivity index (χ4v) is 2.84. The Labute approximate surface area is 125 Å². The van der Waals surface area contributed by atoms with Crippen molar-refractivity contribution in [2.45, 2.75) is 52.2 Å². The predicted octanol–water partition coefficient (Wildman–Crippen LogP) is 3.69. The van der Waals surface area contributed by atoms with E-state index in [-0.39, 0.29) is 17.1 Å². The molecular weight excluding hydrogens is 272 g/mol. The third-order valence-corrected chi connectivity index (χ3v) is 4.34. The number of benzene rings is 1. The second kappa shape index (κ2) is 6.01. The number of ether oxygens (including phenoxy) is 1. The number of nitrogens with one attached hydrogen (secondary N) is 1. The van der Waals surface area contributed by atoms with E-state index in [1.54, 1.807) is 6.07 Å². The first-order valence-corrected chi connectivity index (χ1v) is 7.52. The first kappa shape index (κ1) is 16.4. The fourth-order valence-electron chi connectivity index (χ4n) is 2.84. The van der Waals surface area contributed by atoms with Crippen LogP contribution in [0.1, 0.15) is 39.7 Å². The standard InChI is InChI=1S/C17H25F2NO/c1-12-17(7-8-21-12,11-20-16(2,3)4)10-13-5-6-14(18)15(19)9-13/h5-6,9,12,20H,7-8,10-11H2,1-4H3. The van der Waals surface area contributed by atoms with Gasteiger partial charge in [-0.05, 0) is 58.2 Å². The van der Waals surface area contributed by atoms with Crippen molar-refractivity contribution in [2.75, 3.05) is 13.2 Å². The van der Waals surface area contributed by atoms with Gasteiger partial charge < -0.3 is 10.1 Å². The smallest absolute Gasteiger partial charge is 0.159 e. The highest BCUT2D eigenvalue weighted by Crippen LogP contribution is 2.38. The van der Waals surface area contributed by atoms with Gasteiger partial charge in [0.25, 0.3) is 0 Å². The SMILES string of the molecule is CC1OCCC1(CNC(C)(C)C)Cc1ccc(F)c(F)c1. The molecule has 1 aromatic rings. The van der Waals surface area contributed by atoms with Gasteiger partial charge in [-0.3, -0.25) is 0 Å². The summed E-state index contributed by atoms with van der Waals surface area (Å²) in [5.41, 5.74) is 0.767. The lowest BCUT2D eigenvalue weighted by Gasteiger charge is -2.36. The van der Waals surface area contributed by atoms with Crippen LogP contribution in [-0.2, 0) is 11.2 Å². The summed E-state index contributed by atoms with van der Waals surface area (Å²) in [5, 5.41) is 3.53. The Morgan fingerprint density at radius 1 is 1.29 bits per heavy atom. The Morgan fingerprint density at radius 2 is 2.00 bits per heavy atom. The van der Waals surface area contributed by atoms with E-state index in [4.69, 9.17) is 4.74 Å². The molecule has 0 spiro atoms. The Bertz CT molecular complexity index is 498. The van der Waals surface area contributed by atoms with Crippen molar-refractivity contribution in [3.8, 4) is 0 Å². The molecular formula is C17H25F2NO. The molecule has 1 heterocycles. The highest BCUT2D eigenvalue weighted by atomic mass is 19.2. The van der Waals surface area contributed by atoms with Crippen LogP contribution >= 0.6 is 0 Å². The molecule has 1 fully saturated rings. The van der Waals surface area contributed by atoms with Crippen molar-refractivity contribution >= 4 is 0 Å². The van der Waals surface area contributed by atoms with Gasteiger partial charge in [0.05, 0.1) is 6.10 Å². The minimum absolute atomic E-state index is 0.0172. The van der Waals surface area contributed by atoms with E-state index in [2.05, 4.69) is 33.0 Å². The van der Waals surface area contributed by atoms with Crippen LogP contribution in [0, 0.1) is 17.0 Å². The molecule has 2 atom stereocenters. The summed E-state index contributed by atoms with van der Waals surface area (Å²) in [6.07, 6.45) is 1.71. The molecule has 0 aliphatic carbocycles. The van der Waals surface area contributed by atoms with Crippen LogP contribution in [-0.4, -0.2) is 24.8 Å². The summed E-state index contributed by atoms with van der Waals surface area (Å²) < 4.78 is 32.3. The van der Waals surface area contributed by atoms with Gasteiger partial charge >= 0.3 is 0 Å². The Kier molecular flexibility index (Phi) is 4.69. The van der Waals surface area contributed by atoms with E-state index in [0.717, 1.165) is 25.1 Å². The number of hydrogen-bond acceptors (Lipinski definition) is 2. The van der Waals surface area contributed by atoms with Gasteiger partial charge in [0.1, 0.15) is 0 Å².